The summed E-state index contributed by atoms with van der Waals surface area (Å²) in [6.45, 7) is 3.99. The van der Waals surface area contributed by atoms with Crippen molar-refractivity contribution in [3.05, 3.63) is 67.1 Å². The second-order valence-corrected chi connectivity index (χ2v) is 7.66. The third-order valence-corrected chi connectivity index (χ3v) is 5.80. The smallest absolute Gasteiger partial charge is 0.150 e. The van der Waals surface area contributed by atoms with Crippen LogP contribution >= 0.6 is 0 Å². The van der Waals surface area contributed by atoms with Gasteiger partial charge in [0.2, 0.25) is 0 Å². The van der Waals surface area contributed by atoms with E-state index in [1.54, 1.807) is 13.4 Å². The molecule has 0 spiro atoms. The second-order valence-electron chi connectivity index (χ2n) is 7.66. The largest absolute Gasteiger partial charge is 0.497 e. The Labute approximate surface area is 176 Å². The van der Waals surface area contributed by atoms with Crippen molar-refractivity contribution >= 4 is 16.9 Å². The lowest BCUT2D eigenvalue weighted by atomic mass is 10.1. The molecule has 0 saturated carbocycles. The third-order valence-electron chi connectivity index (χ3n) is 5.80. The van der Waals surface area contributed by atoms with Crippen molar-refractivity contribution in [1.29, 1.82) is 0 Å². The van der Waals surface area contributed by atoms with Gasteiger partial charge in [-0.15, -0.1) is 0 Å². The molecule has 6 heteroatoms. The van der Waals surface area contributed by atoms with E-state index < -0.39 is 0 Å². The van der Waals surface area contributed by atoms with Gasteiger partial charge in [0, 0.05) is 43.6 Å². The summed E-state index contributed by atoms with van der Waals surface area (Å²) in [5.41, 5.74) is 4.28. The molecule has 0 unspecified atom stereocenters. The summed E-state index contributed by atoms with van der Waals surface area (Å²) >= 11 is 0. The Morgan fingerprint density at radius 1 is 0.867 bits per heavy atom. The SMILES string of the molecule is COc1ccc(-n2cc(-c3ccccc3)c3c(N4CCN(C)CC4)ncnc32)cc1. The van der Waals surface area contributed by atoms with Gasteiger partial charge in [-0.25, -0.2) is 9.97 Å². The number of nitrogens with zero attached hydrogens (tertiary/aromatic N) is 5. The van der Waals surface area contributed by atoms with E-state index in [9.17, 15) is 0 Å². The van der Waals surface area contributed by atoms with Gasteiger partial charge in [0.05, 0.1) is 12.5 Å². The van der Waals surface area contributed by atoms with Gasteiger partial charge in [-0.2, -0.15) is 0 Å². The number of fused-ring (bicyclic) bond motifs is 1. The fourth-order valence-electron chi connectivity index (χ4n) is 4.08. The van der Waals surface area contributed by atoms with Crippen LogP contribution < -0.4 is 9.64 Å². The molecule has 0 atom stereocenters. The van der Waals surface area contributed by atoms with Crippen LogP contribution in [0.4, 0.5) is 5.82 Å². The van der Waals surface area contributed by atoms with Gasteiger partial charge in [-0.3, -0.25) is 0 Å². The quantitative estimate of drug-likeness (QED) is 0.522. The van der Waals surface area contributed by atoms with E-state index >= 15 is 0 Å². The number of rotatable bonds is 4. The Bertz CT molecular complexity index is 1150. The normalized spacial score (nSPS) is 14.9. The Morgan fingerprint density at radius 3 is 2.30 bits per heavy atom. The second kappa shape index (κ2) is 7.80. The minimum atomic E-state index is 0.839. The summed E-state index contributed by atoms with van der Waals surface area (Å²) < 4.78 is 7.48. The predicted molar refractivity (Wildman–Crippen MR) is 121 cm³/mol. The predicted octanol–water partition coefficient (Wildman–Crippen LogP) is 3.85. The van der Waals surface area contributed by atoms with Gasteiger partial charge in [-0.1, -0.05) is 30.3 Å². The zero-order chi connectivity index (χ0) is 20.5. The van der Waals surface area contributed by atoms with Crippen LogP contribution in [0.2, 0.25) is 0 Å². The number of anilines is 1. The van der Waals surface area contributed by atoms with Crippen molar-refractivity contribution in [2.45, 2.75) is 0 Å². The Balaban J connectivity index is 1.71. The zero-order valence-electron chi connectivity index (χ0n) is 17.3. The van der Waals surface area contributed by atoms with Crippen LogP contribution in [0.15, 0.2) is 67.1 Å². The van der Waals surface area contributed by atoms with Crippen LogP contribution in [-0.4, -0.2) is 59.8 Å². The highest BCUT2D eigenvalue weighted by atomic mass is 16.5. The average molecular weight is 399 g/mol. The summed E-state index contributed by atoms with van der Waals surface area (Å²) in [7, 11) is 3.85. The lowest BCUT2D eigenvalue weighted by Gasteiger charge is -2.33. The fraction of sp³-hybridized carbons (Fsp3) is 0.250. The summed E-state index contributed by atoms with van der Waals surface area (Å²) in [5.74, 6) is 1.85. The molecule has 4 aromatic rings. The molecule has 3 heterocycles. The monoisotopic (exact) mass is 399 g/mol. The van der Waals surface area contributed by atoms with Crippen molar-refractivity contribution in [3.63, 3.8) is 0 Å². The average Bonchev–Trinajstić information content (AvgIpc) is 3.20. The number of benzene rings is 2. The first-order valence-electron chi connectivity index (χ1n) is 10.2. The molecule has 0 N–H and O–H groups in total. The first kappa shape index (κ1) is 18.6. The standard InChI is InChI=1S/C24H25N5O/c1-27-12-14-28(15-13-27)23-22-21(18-6-4-3-5-7-18)16-29(24(22)26-17-25-23)19-8-10-20(30-2)11-9-19/h3-11,16-17H,12-15H2,1-2H3. The summed E-state index contributed by atoms with van der Waals surface area (Å²) in [4.78, 5) is 14.2. The van der Waals surface area contributed by atoms with Crippen molar-refractivity contribution in [2.75, 3.05) is 45.2 Å². The number of likely N-dealkylation sites (N-methyl/N-ethyl adjacent to an activating group) is 1. The van der Waals surface area contributed by atoms with Gasteiger partial charge in [0.25, 0.3) is 0 Å². The van der Waals surface area contributed by atoms with Crippen molar-refractivity contribution in [2.24, 2.45) is 0 Å². The molecule has 2 aromatic heterocycles. The van der Waals surface area contributed by atoms with E-state index in [4.69, 9.17) is 14.7 Å². The summed E-state index contributed by atoms with van der Waals surface area (Å²) in [5, 5.41) is 1.10. The molecule has 152 valence electrons. The molecule has 0 aliphatic carbocycles. The molecule has 5 rings (SSSR count). The number of hydrogen-bond acceptors (Lipinski definition) is 5. The molecule has 1 aliphatic rings. The molecule has 6 nitrogen and oxygen atoms in total. The first-order chi connectivity index (χ1) is 14.7. The van der Waals surface area contributed by atoms with E-state index in [0.29, 0.717) is 0 Å². The zero-order valence-corrected chi connectivity index (χ0v) is 17.3. The number of methoxy groups -OCH3 is 1. The molecule has 30 heavy (non-hydrogen) atoms. The van der Waals surface area contributed by atoms with Gasteiger partial charge < -0.3 is 19.1 Å². The van der Waals surface area contributed by atoms with Crippen molar-refractivity contribution < 1.29 is 4.74 Å². The minimum Gasteiger partial charge on any atom is -0.497 e. The van der Waals surface area contributed by atoms with E-state index in [1.165, 1.54) is 5.56 Å². The maximum absolute atomic E-state index is 5.33. The molecule has 1 saturated heterocycles. The highest BCUT2D eigenvalue weighted by Crippen LogP contribution is 2.37. The maximum Gasteiger partial charge on any atom is 0.150 e. The molecule has 2 aromatic carbocycles. The molecule has 0 radical (unpaired) electrons. The van der Waals surface area contributed by atoms with E-state index in [0.717, 1.165) is 60.0 Å². The molecular formula is C24H25N5O. The Hall–Kier alpha value is -3.38. The number of hydrogen-bond donors (Lipinski definition) is 0. The van der Waals surface area contributed by atoms with Crippen molar-refractivity contribution in [1.82, 2.24) is 19.4 Å². The van der Waals surface area contributed by atoms with E-state index in [-0.39, 0.29) is 0 Å². The molecule has 1 aliphatic heterocycles. The first-order valence-corrected chi connectivity index (χ1v) is 10.2. The third kappa shape index (κ3) is 3.29. The lowest BCUT2D eigenvalue weighted by molar-refractivity contribution is 0.312. The maximum atomic E-state index is 5.33. The van der Waals surface area contributed by atoms with Crippen LogP contribution in [0, 0.1) is 0 Å². The van der Waals surface area contributed by atoms with Crippen molar-refractivity contribution in [3.8, 4) is 22.6 Å². The van der Waals surface area contributed by atoms with Crippen LogP contribution in [0.1, 0.15) is 0 Å². The van der Waals surface area contributed by atoms with Crippen LogP contribution in [-0.2, 0) is 0 Å². The summed E-state index contributed by atoms with van der Waals surface area (Å²) in [6, 6.07) is 18.6. The summed E-state index contributed by atoms with van der Waals surface area (Å²) in [6.07, 6.45) is 3.86. The lowest BCUT2D eigenvalue weighted by Crippen LogP contribution is -2.44. The van der Waals surface area contributed by atoms with Gasteiger partial charge in [0.15, 0.2) is 5.65 Å². The van der Waals surface area contributed by atoms with Gasteiger partial charge in [0.1, 0.15) is 17.9 Å². The van der Waals surface area contributed by atoms with Crippen LogP contribution in [0.5, 0.6) is 5.75 Å². The fourth-order valence-corrected chi connectivity index (χ4v) is 4.08. The highest BCUT2D eigenvalue weighted by Gasteiger charge is 2.23. The van der Waals surface area contributed by atoms with Crippen LogP contribution in [0.25, 0.3) is 27.8 Å². The number of ether oxygens (including phenoxy) is 1. The van der Waals surface area contributed by atoms with E-state index in [1.807, 2.05) is 18.2 Å². The Kier molecular flexibility index (Phi) is 4.85. The van der Waals surface area contributed by atoms with Crippen LogP contribution in [0.3, 0.4) is 0 Å². The molecular weight excluding hydrogens is 374 g/mol. The van der Waals surface area contributed by atoms with Gasteiger partial charge >= 0.3 is 0 Å². The topological polar surface area (TPSA) is 46.4 Å². The molecule has 0 bridgehead atoms. The molecule has 1 fully saturated rings. The Morgan fingerprint density at radius 2 is 1.60 bits per heavy atom. The van der Waals surface area contributed by atoms with Gasteiger partial charge in [-0.05, 0) is 36.9 Å². The molecule has 0 amide bonds. The highest BCUT2D eigenvalue weighted by molar-refractivity contribution is 6.02. The number of aromatic nitrogens is 3. The number of piperazine rings is 1. The minimum absolute atomic E-state index is 0.839. The van der Waals surface area contributed by atoms with E-state index in [2.05, 4.69) is 64.0 Å².